The average molecular weight is 703 g/mol. The summed E-state index contributed by atoms with van der Waals surface area (Å²) in [6, 6.07) is 74.0. The molecule has 0 radical (unpaired) electrons. The molecule has 2 aromatic heterocycles. The highest BCUT2D eigenvalue weighted by Crippen LogP contribution is 2.42. The molecule has 0 bridgehead atoms. The second-order valence-electron chi connectivity index (χ2n) is 14.2. The van der Waals surface area contributed by atoms with Crippen molar-refractivity contribution in [2.45, 2.75) is 0 Å². The van der Waals surface area contributed by atoms with Crippen LogP contribution in [-0.4, -0.2) is 4.57 Å². The number of anilines is 3. The Bertz CT molecular complexity index is 3210. The van der Waals surface area contributed by atoms with Crippen molar-refractivity contribution in [3.05, 3.63) is 206 Å². The normalized spacial score (nSPS) is 11.6. The zero-order chi connectivity index (χ0) is 36.3. The quantitative estimate of drug-likeness (QED) is 0.172. The average Bonchev–Trinajstić information content (AvgIpc) is 3.80. The van der Waals surface area contributed by atoms with Gasteiger partial charge in [0.05, 0.1) is 11.0 Å². The van der Waals surface area contributed by atoms with Crippen molar-refractivity contribution in [1.29, 1.82) is 0 Å². The molecule has 0 saturated heterocycles. The Morgan fingerprint density at radius 3 is 1.75 bits per heavy atom. The highest BCUT2D eigenvalue weighted by atomic mass is 16.3. The molecule has 55 heavy (non-hydrogen) atoms. The lowest BCUT2D eigenvalue weighted by Gasteiger charge is -2.26. The largest absolute Gasteiger partial charge is 0.456 e. The number of rotatable bonds is 6. The number of para-hydroxylation sites is 2. The van der Waals surface area contributed by atoms with Gasteiger partial charge in [-0.15, -0.1) is 0 Å². The first-order valence-corrected chi connectivity index (χ1v) is 18.8. The number of hydrogen-bond acceptors (Lipinski definition) is 2. The summed E-state index contributed by atoms with van der Waals surface area (Å²) in [5, 5.41) is 7.20. The Kier molecular flexibility index (Phi) is 7.17. The minimum Gasteiger partial charge on any atom is -0.456 e. The summed E-state index contributed by atoms with van der Waals surface area (Å²) in [6.07, 6.45) is 0. The van der Waals surface area contributed by atoms with Gasteiger partial charge in [0.25, 0.3) is 0 Å². The second-order valence-corrected chi connectivity index (χ2v) is 14.2. The van der Waals surface area contributed by atoms with E-state index in [1.165, 1.54) is 43.7 Å². The molecule has 258 valence electrons. The van der Waals surface area contributed by atoms with Gasteiger partial charge < -0.3 is 13.9 Å². The smallest absolute Gasteiger partial charge is 0.137 e. The molecule has 0 aliphatic rings. The maximum absolute atomic E-state index is 6.41. The van der Waals surface area contributed by atoms with Crippen LogP contribution < -0.4 is 4.90 Å². The van der Waals surface area contributed by atoms with Gasteiger partial charge in [-0.3, -0.25) is 0 Å². The van der Waals surface area contributed by atoms with Crippen LogP contribution >= 0.6 is 0 Å². The lowest BCUT2D eigenvalue weighted by molar-refractivity contribution is 0.669. The van der Waals surface area contributed by atoms with E-state index < -0.39 is 0 Å². The van der Waals surface area contributed by atoms with Crippen LogP contribution in [0, 0.1) is 0 Å². The van der Waals surface area contributed by atoms with Crippen LogP contribution in [0.5, 0.6) is 0 Å². The van der Waals surface area contributed by atoms with Crippen LogP contribution in [0.1, 0.15) is 0 Å². The van der Waals surface area contributed by atoms with Gasteiger partial charge in [0, 0.05) is 55.7 Å². The van der Waals surface area contributed by atoms with Crippen molar-refractivity contribution in [3.8, 4) is 27.9 Å². The fourth-order valence-electron chi connectivity index (χ4n) is 8.39. The van der Waals surface area contributed by atoms with E-state index in [9.17, 15) is 0 Å². The highest BCUT2D eigenvalue weighted by molar-refractivity contribution is 6.19. The van der Waals surface area contributed by atoms with Crippen molar-refractivity contribution >= 4 is 71.6 Å². The Balaban J connectivity index is 1.09. The molecule has 11 rings (SSSR count). The first-order chi connectivity index (χ1) is 27.3. The minimum absolute atomic E-state index is 0.867. The maximum Gasteiger partial charge on any atom is 0.137 e. The monoisotopic (exact) mass is 702 g/mol. The van der Waals surface area contributed by atoms with Crippen LogP contribution in [0.2, 0.25) is 0 Å². The van der Waals surface area contributed by atoms with Crippen LogP contribution in [0.3, 0.4) is 0 Å². The maximum atomic E-state index is 6.41. The molecule has 0 amide bonds. The molecule has 0 saturated carbocycles. The zero-order valence-corrected chi connectivity index (χ0v) is 29.9. The summed E-state index contributed by atoms with van der Waals surface area (Å²) in [7, 11) is 0. The van der Waals surface area contributed by atoms with Gasteiger partial charge in [0.2, 0.25) is 0 Å². The fraction of sp³-hybridized carbons (Fsp3) is 0. The van der Waals surface area contributed by atoms with Crippen molar-refractivity contribution in [1.82, 2.24) is 4.57 Å². The summed E-state index contributed by atoms with van der Waals surface area (Å²) in [5.41, 5.74) is 13.2. The van der Waals surface area contributed by atoms with Crippen LogP contribution in [0.25, 0.3) is 82.5 Å². The molecule has 0 N–H and O–H groups in total. The van der Waals surface area contributed by atoms with E-state index in [1.807, 2.05) is 12.1 Å². The van der Waals surface area contributed by atoms with Crippen molar-refractivity contribution in [2.24, 2.45) is 0 Å². The molecule has 0 aliphatic heterocycles. The van der Waals surface area contributed by atoms with Crippen molar-refractivity contribution < 1.29 is 4.42 Å². The number of aromatic nitrogens is 1. The molecular formula is C52H34N2O. The Morgan fingerprint density at radius 1 is 0.345 bits per heavy atom. The molecule has 9 aromatic carbocycles. The molecule has 3 heteroatoms. The first kappa shape index (κ1) is 31.2. The summed E-state index contributed by atoms with van der Waals surface area (Å²) < 4.78 is 8.83. The molecular weight excluding hydrogens is 669 g/mol. The topological polar surface area (TPSA) is 21.3 Å². The van der Waals surface area contributed by atoms with Crippen LogP contribution in [0.4, 0.5) is 17.1 Å². The Hall–Kier alpha value is -7.36. The number of furan rings is 1. The van der Waals surface area contributed by atoms with Crippen molar-refractivity contribution in [3.63, 3.8) is 0 Å². The second kappa shape index (κ2) is 12.6. The van der Waals surface area contributed by atoms with Crippen molar-refractivity contribution in [2.75, 3.05) is 4.90 Å². The molecule has 0 aliphatic carbocycles. The highest BCUT2D eigenvalue weighted by Gasteiger charge is 2.19. The van der Waals surface area contributed by atoms with Gasteiger partial charge in [-0.25, -0.2) is 0 Å². The van der Waals surface area contributed by atoms with E-state index in [-0.39, 0.29) is 0 Å². The number of benzene rings is 9. The van der Waals surface area contributed by atoms with Gasteiger partial charge >= 0.3 is 0 Å². The summed E-state index contributed by atoms with van der Waals surface area (Å²) >= 11 is 0. The van der Waals surface area contributed by atoms with E-state index in [2.05, 4.69) is 204 Å². The predicted octanol–water partition coefficient (Wildman–Crippen LogP) is 14.6. The van der Waals surface area contributed by atoms with E-state index in [0.717, 1.165) is 55.8 Å². The zero-order valence-electron chi connectivity index (χ0n) is 29.9. The lowest BCUT2D eigenvalue weighted by atomic mass is 10.0. The van der Waals surface area contributed by atoms with E-state index in [0.29, 0.717) is 0 Å². The third-order valence-corrected chi connectivity index (χ3v) is 10.9. The standard InChI is InChI=1S/C52H34N2O/c1-3-13-35(14-4-1)37-16-11-20-41(31-37)53(43-27-29-46-45-23-9-10-24-50(45)55-51(46)34-43)42-21-12-17-38(32-42)39-26-30-49-48(33-39)47-28-25-36-15-7-8-22-44(36)52(47)54(49)40-18-5-2-6-19-40/h1-34H. The minimum atomic E-state index is 0.867. The molecule has 0 spiro atoms. The summed E-state index contributed by atoms with van der Waals surface area (Å²) in [6.45, 7) is 0. The molecule has 0 atom stereocenters. The molecule has 0 fully saturated rings. The SMILES string of the molecule is c1ccc(-c2cccc(N(c3cccc(-c4ccc5c(c4)c4ccc6ccccc6c4n5-c4ccccc4)c3)c3ccc4c(c3)oc3ccccc34)c2)cc1. The van der Waals surface area contributed by atoms with Crippen LogP contribution in [-0.2, 0) is 0 Å². The molecule has 0 unspecified atom stereocenters. The Morgan fingerprint density at radius 2 is 0.945 bits per heavy atom. The van der Waals surface area contributed by atoms with Gasteiger partial charge in [-0.05, 0) is 94.4 Å². The van der Waals surface area contributed by atoms with Gasteiger partial charge in [0.15, 0.2) is 0 Å². The first-order valence-electron chi connectivity index (χ1n) is 18.8. The third-order valence-electron chi connectivity index (χ3n) is 10.9. The molecule has 2 heterocycles. The van der Waals surface area contributed by atoms with Crippen LogP contribution in [0.15, 0.2) is 211 Å². The molecule has 11 aromatic rings. The number of nitrogens with zero attached hydrogens (tertiary/aromatic N) is 2. The summed E-state index contributed by atoms with van der Waals surface area (Å²) in [4.78, 5) is 2.34. The molecule has 3 nitrogen and oxygen atoms in total. The third kappa shape index (κ3) is 5.20. The van der Waals surface area contributed by atoms with Gasteiger partial charge in [0.1, 0.15) is 11.2 Å². The lowest BCUT2D eigenvalue weighted by Crippen LogP contribution is -2.10. The summed E-state index contributed by atoms with van der Waals surface area (Å²) in [5.74, 6) is 0. The number of fused-ring (bicyclic) bond motifs is 8. The van der Waals surface area contributed by atoms with E-state index in [1.54, 1.807) is 0 Å². The Labute approximate surface area is 318 Å². The fourth-order valence-corrected chi connectivity index (χ4v) is 8.39. The van der Waals surface area contributed by atoms with E-state index >= 15 is 0 Å². The number of hydrogen-bond donors (Lipinski definition) is 0. The predicted molar refractivity (Wildman–Crippen MR) is 231 cm³/mol. The van der Waals surface area contributed by atoms with Gasteiger partial charge in [-0.1, -0.05) is 133 Å². The van der Waals surface area contributed by atoms with Gasteiger partial charge in [-0.2, -0.15) is 0 Å². The van der Waals surface area contributed by atoms with E-state index in [4.69, 9.17) is 4.42 Å².